The molecule has 5 rings (SSSR count). The molecule has 2 aliphatic heterocycles. The van der Waals surface area contributed by atoms with Gasteiger partial charge in [-0.15, -0.1) is 11.3 Å². The second-order valence-corrected chi connectivity index (χ2v) is 8.67. The molecule has 2 aliphatic rings. The molecular formula is C24H22N2OS. The number of likely N-dealkylation sites (tertiary alicyclic amines) is 1. The lowest BCUT2D eigenvalue weighted by atomic mass is 9.86. The summed E-state index contributed by atoms with van der Waals surface area (Å²) in [6, 6.07) is 21.4. The van der Waals surface area contributed by atoms with Crippen LogP contribution in [-0.4, -0.2) is 31.1 Å². The third-order valence-corrected chi connectivity index (χ3v) is 6.90. The van der Waals surface area contributed by atoms with Gasteiger partial charge in [0.15, 0.2) is 0 Å². The first-order valence-corrected chi connectivity index (χ1v) is 10.7. The highest BCUT2D eigenvalue weighted by molar-refractivity contribution is 7.13. The van der Waals surface area contributed by atoms with Crippen LogP contribution in [-0.2, 0) is 6.42 Å². The topological polar surface area (TPSA) is 36.3 Å². The van der Waals surface area contributed by atoms with Gasteiger partial charge in [-0.1, -0.05) is 30.3 Å². The number of hydrogen-bond donors (Lipinski definition) is 0. The van der Waals surface area contributed by atoms with Crippen molar-refractivity contribution in [3.63, 3.8) is 0 Å². The van der Waals surface area contributed by atoms with Gasteiger partial charge in [-0.05, 0) is 47.2 Å². The van der Waals surface area contributed by atoms with E-state index in [-0.39, 0.29) is 0 Å². The van der Waals surface area contributed by atoms with E-state index in [1.165, 1.54) is 21.6 Å². The predicted octanol–water partition coefficient (Wildman–Crippen LogP) is 4.94. The van der Waals surface area contributed by atoms with E-state index in [1.807, 2.05) is 18.2 Å². The van der Waals surface area contributed by atoms with Gasteiger partial charge in [-0.25, -0.2) is 0 Å². The zero-order chi connectivity index (χ0) is 18.9. The van der Waals surface area contributed by atoms with Crippen LogP contribution >= 0.6 is 11.3 Å². The van der Waals surface area contributed by atoms with Gasteiger partial charge in [0.1, 0.15) is 5.75 Å². The van der Waals surface area contributed by atoms with Gasteiger partial charge in [0.05, 0.1) is 18.2 Å². The molecule has 4 heteroatoms. The van der Waals surface area contributed by atoms with Gasteiger partial charge in [-0.2, -0.15) is 5.26 Å². The van der Waals surface area contributed by atoms with Crippen molar-refractivity contribution in [2.75, 3.05) is 26.2 Å². The molecular weight excluding hydrogens is 364 g/mol. The summed E-state index contributed by atoms with van der Waals surface area (Å²) in [7, 11) is 0. The van der Waals surface area contributed by atoms with Gasteiger partial charge in [0.2, 0.25) is 0 Å². The summed E-state index contributed by atoms with van der Waals surface area (Å²) in [5.41, 5.74) is 4.64. The SMILES string of the molecule is N#Cc1ccc2c(c1)[C@@H]1CN(CCc3ccc(-c4cccs4)cc3)C[C@H]1CO2. The van der Waals surface area contributed by atoms with Gasteiger partial charge < -0.3 is 9.64 Å². The van der Waals surface area contributed by atoms with E-state index in [1.54, 1.807) is 11.3 Å². The highest BCUT2D eigenvalue weighted by Gasteiger charge is 2.38. The standard InChI is InChI=1S/C24H22N2OS/c25-13-18-5-8-23-21(12-18)22-15-26(14-20(22)16-27-23)10-9-17-3-6-19(7-4-17)24-2-1-11-28-24/h1-8,11-12,20,22H,9-10,14-16H2/t20-,22+/m0/s1. The molecule has 28 heavy (non-hydrogen) atoms. The van der Waals surface area contributed by atoms with Crippen molar-refractivity contribution in [1.82, 2.24) is 4.90 Å². The Balaban J connectivity index is 1.24. The predicted molar refractivity (Wildman–Crippen MR) is 113 cm³/mol. The Labute approximate surface area is 169 Å². The minimum absolute atomic E-state index is 0.484. The lowest BCUT2D eigenvalue weighted by Gasteiger charge is -2.27. The van der Waals surface area contributed by atoms with Gasteiger partial charge >= 0.3 is 0 Å². The largest absolute Gasteiger partial charge is 0.493 e. The average Bonchev–Trinajstić information content (AvgIpc) is 3.42. The molecule has 1 aromatic heterocycles. The van der Waals surface area contributed by atoms with Crippen LogP contribution in [0.3, 0.4) is 0 Å². The first kappa shape index (κ1) is 17.5. The fourth-order valence-corrected chi connectivity index (χ4v) is 5.20. The number of rotatable bonds is 4. The first-order valence-electron chi connectivity index (χ1n) is 9.82. The number of fused-ring (bicyclic) bond motifs is 3. The second-order valence-electron chi connectivity index (χ2n) is 7.73. The number of thiophene rings is 1. The van der Waals surface area contributed by atoms with E-state index in [2.05, 4.69) is 52.7 Å². The smallest absolute Gasteiger partial charge is 0.122 e. The van der Waals surface area contributed by atoms with Crippen molar-refractivity contribution in [2.45, 2.75) is 12.3 Å². The van der Waals surface area contributed by atoms with E-state index in [0.717, 1.165) is 44.0 Å². The average molecular weight is 387 g/mol. The lowest BCUT2D eigenvalue weighted by Crippen LogP contribution is -2.25. The Morgan fingerprint density at radius 2 is 2.00 bits per heavy atom. The van der Waals surface area contributed by atoms with E-state index in [4.69, 9.17) is 4.74 Å². The summed E-state index contributed by atoms with van der Waals surface area (Å²) < 4.78 is 5.96. The first-order chi connectivity index (χ1) is 13.8. The van der Waals surface area contributed by atoms with Crippen molar-refractivity contribution < 1.29 is 4.74 Å². The van der Waals surface area contributed by atoms with Gasteiger partial charge in [0, 0.05) is 41.9 Å². The summed E-state index contributed by atoms with van der Waals surface area (Å²) >= 11 is 1.78. The molecule has 0 amide bonds. The fourth-order valence-electron chi connectivity index (χ4n) is 4.47. The highest BCUT2D eigenvalue weighted by atomic mass is 32.1. The maximum atomic E-state index is 9.22. The molecule has 3 aromatic rings. The van der Waals surface area contributed by atoms with E-state index in [9.17, 15) is 5.26 Å². The normalized spacial score (nSPS) is 20.8. The number of nitriles is 1. The molecule has 0 bridgehead atoms. The molecule has 3 heterocycles. The van der Waals surface area contributed by atoms with Gasteiger partial charge in [0.25, 0.3) is 0 Å². The summed E-state index contributed by atoms with van der Waals surface area (Å²) in [4.78, 5) is 3.88. The molecule has 0 N–H and O–H groups in total. The maximum Gasteiger partial charge on any atom is 0.122 e. The third-order valence-electron chi connectivity index (χ3n) is 5.98. The second kappa shape index (κ2) is 7.43. The molecule has 0 radical (unpaired) electrons. The van der Waals surface area contributed by atoms with Crippen LogP contribution in [0.4, 0.5) is 0 Å². The van der Waals surface area contributed by atoms with E-state index < -0.39 is 0 Å². The zero-order valence-electron chi connectivity index (χ0n) is 15.7. The molecule has 1 fully saturated rings. The highest BCUT2D eigenvalue weighted by Crippen LogP contribution is 2.42. The molecule has 1 saturated heterocycles. The Morgan fingerprint density at radius 1 is 1.11 bits per heavy atom. The van der Waals surface area contributed by atoms with Crippen LogP contribution in [0.1, 0.15) is 22.6 Å². The van der Waals surface area contributed by atoms with E-state index >= 15 is 0 Å². The summed E-state index contributed by atoms with van der Waals surface area (Å²) in [5, 5.41) is 11.3. The summed E-state index contributed by atoms with van der Waals surface area (Å²) in [5.74, 6) is 1.98. The molecule has 2 aromatic carbocycles. The van der Waals surface area contributed by atoms with Gasteiger partial charge in [-0.3, -0.25) is 0 Å². The summed E-state index contributed by atoms with van der Waals surface area (Å²) in [6.45, 7) is 3.99. The van der Waals surface area contributed by atoms with Crippen molar-refractivity contribution in [1.29, 1.82) is 5.26 Å². The lowest BCUT2D eigenvalue weighted by molar-refractivity contribution is 0.213. The van der Waals surface area contributed by atoms with Crippen LogP contribution in [0.2, 0.25) is 0 Å². The quantitative estimate of drug-likeness (QED) is 0.637. The van der Waals surface area contributed by atoms with Crippen molar-refractivity contribution >= 4 is 11.3 Å². The molecule has 0 aliphatic carbocycles. The van der Waals surface area contributed by atoms with Crippen LogP contribution in [0.15, 0.2) is 60.0 Å². The third kappa shape index (κ3) is 3.32. The number of hydrogen-bond acceptors (Lipinski definition) is 4. The Hall–Kier alpha value is -2.61. The number of benzene rings is 2. The van der Waals surface area contributed by atoms with Crippen molar-refractivity contribution in [3.05, 3.63) is 76.7 Å². The van der Waals surface area contributed by atoms with Crippen LogP contribution < -0.4 is 4.74 Å². The van der Waals surface area contributed by atoms with Crippen LogP contribution in [0.25, 0.3) is 10.4 Å². The van der Waals surface area contributed by atoms with Crippen LogP contribution in [0.5, 0.6) is 5.75 Å². The molecule has 140 valence electrons. The Kier molecular flexibility index (Phi) is 4.64. The monoisotopic (exact) mass is 386 g/mol. The summed E-state index contributed by atoms with van der Waals surface area (Å²) in [6.07, 6.45) is 1.07. The van der Waals surface area contributed by atoms with Crippen LogP contribution in [0, 0.1) is 17.2 Å². The maximum absolute atomic E-state index is 9.22. The Bertz CT molecular complexity index is 1000. The minimum Gasteiger partial charge on any atom is -0.493 e. The number of ether oxygens (including phenoxy) is 1. The molecule has 0 unspecified atom stereocenters. The number of nitrogens with zero attached hydrogens (tertiary/aromatic N) is 2. The van der Waals surface area contributed by atoms with Crippen molar-refractivity contribution in [2.24, 2.45) is 5.92 Å². The van der Waals surface area contributed by atoms with Crippen molar-refractivity contribution in [3.8, 4) is 22.3 Å². The molecule has 0 saturated carbocycles. The fraction of sp³-hybridized carbons (Fsp3) is 0.292. The van der Waals surface area contributed by atoms with E-state index in [0.29, 0.717) is 11.8 Å². The zero-order valence-corrected chi connectivity index (χ0v) is 16.5. The molecule has 0 spiro atoms. The minimum atomic E-state index is 0.484. The molecule has 3 nitrogen and oxygen atoms in total. The Morgan fingerprint density at radius 3 is 2.79 bits per heavy atom. The molecule has 2 atom stereocenters.